The van der Waals surface area contributed by atoms with Crippen LogP contribution in [-0.2, 0) is 16.0 Å². The molecule has 0 amide bonds. The maximum Gasteiger partial charge on any atom is 0.134 e. The zero-order chi connectivity index (χ0) is 22.9. The Morgan fingerprint density at radius 2 is 1.67 bits per heavy atom. The molecular formula is C26H36N2O5. The molecule has 2 aliphatic heterocycles. The minimum Gasteiger partial charge on any atom is -0.492 e. The number of morpholine rings is 1. The summed E-state index contributed by atoms with van der Waals surface area (Å²) in [6.07, 6.45) is 0. The predicted molar refractivity (Wildman–Crippen MR) is 127 cm³/mol. The van der Waals surface area contributed by atoms with Crippen molar-refractivity contribution in [2.45, 2.75) is 19.1 Å². The van der Waals surface area contributed by atoms with E-state index in [1.807, 2.05) is 43.3 Å². The maximum absolute atomic E-state index is 11.2. The predicted octanol–water partition coefficient (Wildman–Crippen LogP) is 2.35. The van der Waals surface area contributed by atoms with E-state index in [0.29, 0.717) is 19.8 Å². The smallest absolute Gasteiger partial charge is 0.134 e. The summed E-state index contributed by atoms with van der Waals surface area (Å²) in [5.41, 5.74) is 1.27. The van der Waals surface area contributed by atoms with Gasteiger partial charge in [-0.1, -0.05) is 29.8 Å². The van der Waals surface area contributed by atoms with Crippen molar-refractivity contribution in [2.24, 2.45) is 0 Å². The number of β-amino-alcohol motifs (C(OH)–C–C–N with tert-alkyl or cyclic N) is 1. The van der Waals surface area contributed by atoms with Crippen LogP contribution in [0.15, 0.2) is 48.5 Å². The third kappa shape index (κ3) is 7.69. The molecule has 0 bridgehead atoms. The Hall–Kier alpha value is -2.16. The molecular weight excluding hydrogens is 420 g/mol. The molecule has 2 aromatic carbocycles. The summed E-state index contributed by atoms with van der Waals surface area (Å²) in [5, 5.41) is 11.2. The van der Waals surface area contributed by atoms with Gasteiger partial charge in [0.2, 0.25) is 0 Å². The zero-order valence-corrected chi connectivity index (χ0v) is 19.6. The van der Waals surface area contributed by atoms with E-state index in [9.17, 15) is 5.11 Å². The monoisotopic (exact) mass is 456 g/mol. The normalized spacial score (nSPS) is 22.6. The molecule has 0 radical (unpaired) electrons. The van der Waals surface area contributed by atoms with E-state index in [2.05, 4.69) is 21.9 Å². The van der Waals surface area contributed by atoms with Crippen LogP contribution in [0.1, 0.15) is 11.1 Å². The third-order valence-electron chi connectivity index (χ3n) is 6.05. The molecule has 1 N–H and O–H groups in total. The summed E-state index contributed by atoms with van der Waals surface area (Å²) < 4.78 is 23.0. The maximum atomic E-state index is 11.2. The summed E-state index contributed by atoms with van der Waals surface area (Å²) in [6.45, 7) is 10.2. The van der Waals surface area contributed by atoms with Crippen LogP contribution in [0.5, 0.6) is 11.5 Å². The molecule has 2 aromatic rings. The quantitative estimate of drug-likeness (QED) is 0.621. The van der Waals surface area contributed by atoms with E-state index in [-0.39, 0.29) is 13.2 Å². The second kappa shape index (κ2) is 11.8. The van der Waals surface area contributed by atoms with Crippen LogP contribution in [0, 0.1) is 6.92 Å². The van der Waals surface area contributed by atoms with Gasteiger partial charge in [-0.2, -0.15) is 0 Å². The average Bonchev–Trinajstić information content (AvgIpc) is 3.01. The Bertz CT molecular complexity index is 856. The van der Waals surface area contributed by atoms with E-state index in [1.54, 1.807) is 0 Å². The van der Waals surface area contributed by atoms with Gasteiger partial charge in [0.15, 0.2) is 0 Å². The van der Waals surface area contributed by atoms with Crippen molar-refractivity contribution < 1.29 is 24.1 Å². The van der Waals surface area contributed by atoms with Gasteiger partial charge in [0.05, 0.1) is 26.4 Å². The number of hydrogen-bond acceptors (Lipinski definition) is 7. The van der Waals surface area contributed by atoms with Gasteiger partial charge in [0.1, 0.15) is 30.3 Å². The highest BCUT2D eigenvalue weighted by atomic mass is 16.5. The molecule has 0 aliphatic carbocycles. The SMILES string of the molecule is Cc1ccc(OCC2(O)COCCN(Cc3cccc(OCCN4CCOCC4)c3)C2)cc1. The van der Waals surface area contributed by atoms with Crippen LogP contribution in [0.4, 0.5) is 0 Å². The summed E-state index contributed by atoms with van der Waals surface area (Å²) in [6, 6.07) is 16.1. The van der Waals surface area contributed by atoms with Gasteiger partial charge in [0, 0.05) is 39.3 Å². The van der Waals surface area contributed by atoms with Crippen LogP contribution < -0.4 is 9.47 Å². The van der Waals surface area contributed by atoms with Crippen molar-refractivity contribution in [3.63, 3.8) is 0 Å². The minimum absolute atomic E-state index is 0.192. The highest BCUT2D eigenvalue weighted by Crippen LogP contribution is 2.20. The molecule has 2 aliphatic rings. The minimum atomic E-state index is -1.06. The summed E-state index contributed by atoms with van der Waals surface area (Å²) >= 11 is 0. The third-order valence-corrected chi connectivity index (χ3v) is 6.05. The summed E-state index contributed by atoms with van der Waals surface area (Å²) in [7, 11) is 0. The Labute approximate surface area is 196 Å². The number of nitrogens with zero attached hydrogens (tertiary/aromatic N) is 2. The van der Waals surface area contributed by atoms with E-state index in [4.69, 9.17) is 18.9 Å². The molecule has 7 heteroatoms. The Kier molecular flexibility index (Phi) is 8.58. The molecule has 2 heterocycles. The van der Waals surface area contributed by atoms with Crippen molar-refractivity contribution in [2.75, 3.05) is 72.4 Å². The van der Waals surface area contributed by atoms with Crippen LogP contribution >= 0.6 is 0 Å². The van der Waals surface area contributed by atoms with Gasteiger partial charge in [-0.3, -0.25) is 9.80 Å². The van der Waals surface area contributed by atoms with Crippen molar-refractivity contribution in [1.82, 2.24) is 9.80 Å². The van der Waals surface area contributed by atoms with Crippen LogP contribution in [0.2, 0.25) is 0 Å². The molecule has 4 rings (SSSR count). The van der Waals surface area contributed by atoms with Crippen molar-refractivity contribution in [1.29, 1.82) is 0 Å². The fourth-order valence-electron chi connectivity index (χ4n) is 4.18. The second-order valence-electron chi connectivity index (χ2n) is 9.04. The fraction of sp³-hybridized carbons (Fsp3) is 0.538. The lowest BCUT2D eigenvalue weighted by molar-refractivity contribution is -0.0646. The van der Waals surface area contributed by atoms with Gasteiger partial charge in [0.25, 0.3) is 0 Å². The number of benzene rings is 2. The van der Waals surface area contributed by atoms with Crippen molar-refractivity contribution in [3.8, 4) is 11.5 Å². The first-order chi connectivity index (χ1) is 16.1. The van der Waals surface area contributed by atoms with E-state index < -0.39 is 5.60 Å². The first-order valence-corrected chi connectivity index (χ1v) is 11.8. The number of hydrogen-bond donors (Lipinski definition) is 1. The molecule has 1 atom stereocenters. The Balaban J connectivity index is 1.28. The summed E-state index contributed by atoms with van der Waals surface area (Å²) in [5.74, 6) is 1.64. The van der Waals surface area contributed by atoms with Crippen molar-refractivity contribution in [3.05, 3.63) is 59.7 Å². The van der Waals surface area contributed by atoms with E-state index >= 15 is 0 Å². The lowest BCUT2D eigenvalue weighted by atomic mass is 10.1. The number of aryl methyl sites for hydroxylation is 1. The van der Waals surface area contributed by atoms with Crippen molar-refractivity contribution >= 4 is 0 Å². The molecule has 2 saturated heterocycles. The molecule has 180 valence electrons. The van der Waals surface area contributed by atoms with Crippen LogP contribution in [0.3, 0.4) is 0 Å². The molecule has 0 aromatic heterocycles. The van der Waals surface area contributed by atoms with Gasteiger partial charge in [-0.05, 0) is 36.8 Å². The average molecular weight is 457 g/mol. The van der Waals surface area contributed by atoms with Gasteiger partial charge in [-0.15, -0.1) is 0 Å². The number of rotatable bonds is 9. The van der Waals surface area contributed by atoms with Crippen LogP contribution in [0.25, 0.3) is 0 Å². The molecule has 1 unspecified atom stereocenters. The van der Waals surface area contributed by atoms with Gasteiger partial charge < -0.3 is 24.1 Å². The molecule has 33 heavy (non-hydrogen) atoms. The Morgan fingerprint density at radius 3 is 2.48 bits per heavy atom. The summed E-state index contributed by atoms with van der Waals surface area (Å²) in [4.78, 5) is 4.59. The molecule has 0 spiro atoms. The van der Waals surface area contributed by atoms with Gasteiger partial charge >= 0.3 is 0 Å². The zero-order valence-electron chi connectivity index (χ0n) is 19.6. The van der Waals surface area contributed by atoms with E-state index in [0.717, 1.165) is 63.0 Å². The first-order valence-electron chi connectivity index (χ1n) is 11.8. The molecule has 7 nitrogen and oxygen atoms in total. The lowest BCUT2D eigenvalue weighted by Crippen LogP contribution is -2.48. The lowest BCUT2D eigenvalue weighted by Gasteiger charge is -2.30. The van der Waals surface area contributed by atoms with Crippen LogP contribution in [-0.4, -0.2) is 92.9 Å². The number of aliphatic hydroxyl groups is 1. The number of ether oxygens (including phenoxy) is 4. The largest absolute Gasteiger partial charge is 0.492 e. The highest BCUT2D eigenvalue weighted by Gasteiger charge is 2.33. The Morgan fingerprint density at radius 1 is 0.909 bits per heavy atom. The molecule has 0 saturated carbocycles. The fourth-order valence-corrected chi connectivity index (χ4v) is 4.18. The highest BCUT2D eigenvalue weighted by molar-refractivity contribution is 5.29. The standard InChI is InChI=1S/C26H36N2O5/c1-22-5-7-24(8-6-22)33-21-26(29)19-28(11-15-31-20-26)18-23-3-2-4-25(17-23)32-16-12-27-9-13-30-14-10-27/h2-8,17,29H,9-16,18-21H2,1H3. The molecule has 2 fully saturated rings. The first kappa shape index (κ1) is 24.0. The topological polar surface area (TPSA) is 63.6 Å². The van der Waals surface area contributed by atoms with E-state index in [1.165, 1.54) is 5.56 Å². The van der Waals surface area contributed by atoms with Gasteiger partial charge in [-0.25, -0.2) is 0 Å². The second-order valence-corrected chi connectivity index (χ2v) is 9.04.